The highest BCUT2D eigenvalue weighted by Gasteiger charge is 2.44. The van der Waals surface area contributed by atoms with Crippen molar-refractivity contribution in [1.82, 2.24) is 4.98 Å². The quantitative estimate of drug-likeness (QED) is 0.566. The Kier molecular flexibility index (Phi) is 3.74. The normalized spacial score (nSPS) is 15.7. The van der Waals surface area contributed by atoms with Gasteiger partial charge in [-0.25, -0.2) is 4.98 Å². The number of aromatic hydroxyl groups is 1. The summed E-state index contributed by atoms with van der Waals surface area (Å²) >= 11 is 0. The van der Waals surface area contributed by atoms with Gasteiger partial charge in [-0.1, -0.05) is 24.3 Å². The molecule has 0 radical (unpaired) electrons. The van der Waals surface area contributed by atoms with E-state index in [2.05, 4.69) is 4.98 Å². The van der Waals surface area contributed by atoms with Gasteiger partial charge in [-0.3, -0.25) is 14.5 Å². The minimum atomic E-state index is -0.750. The molecule has 1 N–H and O–H groups in total. The third-order valence-electron chi connectivity index (χ3n) is 5.11. The summed E-state index contributed by atoms with van der Waals surface area (Å²) in [6.45, 7) is 1.90. The van der Waals surface area contributed by atoms with Gasteiger partial charge in [0.25, 0.3) is 5.91 Å². The van der Waals surface area contributed by atoms with Gasteiger partial charge in [0, 0.05) is 6.20 Å². The van der Waals surface area contributed by atoms with E-state index in [0.29, 0.717) is 22.4 Å². The molecule has 0 saturated carbocycles. The van der Waals surface area contributed by atoms with E-state index in [-0.39, 0.29) is 22.5 Å². The lowest BCUT2D eigenvalue weighted by atomic mass is 9.98. The fraction of sp³-hybridized carbons (Fsp3) is 0.0870. The number of amides is 1. The van der Waals surface area contributed by atoms with E-state index in [1.54, 1.807) is 60.8 Å². The number of rotatable bonds is 2. The third-order valence-corrected chi connectivity index (χ3v) is 5.11. The van der Waals surface area contributed by atoms with Gasteiger partial charge in [0.15, 0.2) is 5.43 Å². The van der Waals surface area contributed by atoms with Gasteiger partial charge in [-0.2, -0.15) is 0 Å². The van der Waals surface area contributed by atoms with E-state index in [1.807, 2.05) is 13.0 Å². The molecule has 1 amide bonds. The van der Waals surface area contributed by atoms with E-state index >= 15 is 0 Å². The summed E-state index contributed by atoms with van der Waals surface area (Å²) in [5, 5.41) is 10.4. The second kappa shape index (κ2) is 6.31. The Balaban J connectivity index is 1.84. The Hall–Kier alpha value is -3.93. The molecule has 0 saturated heterocycles. The summed E-state index contributed by atoms with van der Waals surface area (Å²) in [6.07, 6.45) is 1.62. The fourth-order valence-corrected chi connectivity index (χ4v) is 3.82. The fourth-order valence-electron chi connectivity index (χ4n) is 3.82. The minimum absolute atomic E-state index is 0.00495. The highest BCUT2D eigenvalue weighted by Crippen LogP contribution is 2.41. The topological polar surface area (TPSA) is 83.6 Å². The van der Waals surface area contributed by atoms with Crippen LogP contribution < -0.4 is 10.3 Å². The number of hydrogen-bond donors (Lipinski definition) is 1. The van der Waals surface area contributed by atoms with Crippen LogP contribution in [-0.4, -0.2) is 16.0 Å². The molecule has 0 fully saturated rings. The van der Waals surface area contributed by atoms with Crippen molar-refractivity contribution < 1.29 is 14.3 Å². The molecule has 6 heteroatoms. The van der Waals surface area contributed by atoms with E-state index in [9.17, 15) is 14.7 Å². The Morgan fingerprint density at radius 1 is 1.03 bits per heavy atom. The molecule has 3 heterocycles. The molecule has 0 bridgehead atoms. The van der Waals surface area contributed by atoms with Crippen LogP contribution in [0.25, 0.3) is 11.0 Å². The largest absolute Gasteiger partial charge is 0.508 e. The minimum Gasteiger partial charge on any atom is -0.508 e. The molecule has 6 nitrogen and oxygen atoms in total. The zero-order chi connectivity index (χ0) is 20.1. The predicted octanol–water partition coefficient (Wildman–Crippen LogP) is 3.95. The van der Waals surface area contributed by atoms with E-state index < -0.39 is 11.9 Å². The number of carbonyl (C=O) groups is 1. The molecule has 4 aromatic rings. The lowest BCUT2D eigenvalue weighted by Crippen LogP contribution is -2.30. The maximum absolute atomic E-state index is 13.4. The summed E-state index contributed by atoms with van der Waals surface area (Å²) in [5.41, 5.74) is 1.88. The number of pyridine rings is 1. The number of phenols is 1. The summed E-state index contributed by atoms with van der Waals surface area (Å²) in [7, 11) is 0. The monoisotopic (exact) mass is 384 g/mol. The van der Waals surface area contributed by atoms with Gasteiger partial charge in [-0.05, 0) is 54.4 Å². The highest BCUT2D eigenvalue weighted by atomic mass is 16.3. The number of hydrogen-bond acceptors (Lipinski definition) is 5. The highest BCUT2D eigenvalue weighted by molar-refractivity contribution is 6.10. The second-order valence-electron chi connectivity index (χ2n) is 7.03. The zero-order valence-electron chi connectivity index (χ0n) is 15.5. The van der Waals surface area contributed by atoms with Crippen molar-refractivity contribution in [3.63, 3.8) is 0 Å². The molecule has 142 valence electrons. The smallest absolute Gasteiger partial charge is 0.296 e. The standard InChI is InChI=1S/C23H16N2O4/c1-13-9-10-24-18(11-13)25-20(14-5-4-6-15(26)12-14)19-21(27)16-7-2-3-8-17(16)29-22(19)23(25)28/h2-12,20,26H,1H3/t20-/m0/s1. The van der Waals surface area contributed by atoms with Crippen molar-refractivity contribution >= 4 is 22.7 Å². The number of anilines is 1. The van der Waals surface area contributed by atoms with Crippen LogP contribution in [0, 0.1) is 6.92 Å². The van der Waals surface area contributed by atoms with Gasteiger partial charge < -0.3 is 9.52 Å². The first-order chi connectivity index (χ1) is 14.0. The second-order valence-corrected chi connectivity index (χ2v) is 7.03. The molecule has 1 aliphatic heterocycles. The van der Waals surface area contributed by atoms with E-state index in [0.717, 1.165) is 5.56 Å². The molecule has 29 heavy (non-hydrogen) atoms. The van der Waals surface area contributed by atoms with Crippen LogP contribution in [0.2, 0.25) is 0 Å². The van der Waals surface area contributed by atoms with E-state index in [4.69, 9.17) is 4.42 Å². The number of fused-ring (bicyclic) bond motifs is 2. The summed E-state index contributed by atoms with van der Waals surface area (Å²) in [4.78, 5) is 32.5. The van der Waals surface area contributed by atoms with Gasteiger partial charge in [-0.15, -0.1) is 0 Å². The Morgan fingerprint density at radius 3 is 2.66 bits per heavy atom. The van der Waals surface area contributed by atoms with Crippen LogP contribution in [-0.2, 0) is 0 Å². The average Bonchev–Trinajstić information content (AvgIpc) is 3.01. The first-order valence-electron chi connectivity index (χ1n) is 9.15. The first kappa shape index (κ1) is 17.2. The lowest BCUT2D eigenvalue weighted by Gasteiger charge is -2.24. The van der Waals surface area contributed by atoms with Crippen LogP contribution >= 0.6 is 0 Å². The van der Waals surface area contributed by atoms with Gasteiger partial charge in [0.1, 0.15) is 17.2 Å². The van der Waals surface area contributed by atoms with Crippen molar-refractivity contribution in [3.8, 4) is 5.75 Å². The van der Waals surface area contributed by atoms with Gasteiger partial charge in [0.2, 0.25) is 5.76 Å². The number of benzene rings is 2. The molecule has 0 aliphatic carbocycles. The number of aryl methyl sites for hydroxylation is 1. The van der Waals surface area contributed by atoms with Crippen molar-refractivity contribution in [3.05, 3.63) is 99.5 Å². The molecular formula is C23H16N2O4. The molecule has 5 rings (SSSR count). The van der Waals surface area contributed by atoms with Crippen molar-refractivity contribution in [1.29, 1.82) is 0 Å². The van der Waals surface area contributed by atoms with Crippen LogP contribution in [0.15, 0.2) is 76.1 Å². The molecule has 2 aromatic carbocycles. The third kappa shape index (κ3) is 2.61. The molecular weight excluding hydrogens is 368 g/mol. The summed E-state index contributed by atoms with van der Waals surface area (Å²) < 4.78 is 5.88. The molecule has 2 aromatic heterocycles. The number of phenolic OH excluding ortho intramolecular Hbond substituents is 1. The molecule has 1 aliphatic rings. The first-order valence-corrected chi connectivity index (χ1v) is 9.15. The zero-order valence-corrected chi connectivity index (χ0v) is 15.5. The van der Waals surface area contributed by atoms with Crippen LogP contribution in [0.3, 0.4) is 0 Å². The van der Waals surface area contributed by atoms with Crippen LogP contribution in [0.1, 0.15) is 33.3 Å². The number of aromatic nitrogens is 1. The maximum Gasteiger partial charge on any atom is 0.296 e. The summed E-state index contributed by atoms with van der Waals surface area (Å²) in [5.74, 6) is 0.0311. The van der Waals surface area contributed by atoms with E-state index in [1.165, 1.54) is 4.90 Å². The van der Waals surface area contributed by atoms with Gasteiger partial charge >= 0.3 is 0 Å². The van der Waals surface area contributed by atoms with Crippen molar-refractivity contribution in [2.45, 2.75) is 13.0 Å². The Morgan fingerprint density at radius 2 is 1.86 bits per heavy atom. The Labute approximate surface area is 165 Å². The van der Waals surface area contributed by atoms with Crippen molar-refractivity contribution in [2.24, 2.45) is 0 Å². The van der Waals surface area contributed by atoms with Crippen LogP contribution in [0.5, 0.6) is 5.75 Å². The molecule has 0 spiro atoms. The summed E-state index contributed by atoms with van der Waals surface area (Å²) in [6, 6.07) is 16.3. The number of para-hydroxylation sites is 1. The average molecular weight is 384 g/mol. The lowest BCUT2D eigenvalue weighted by molar-refractivity contribution is 0.0970. The van der Waals surface area contributed by atoms with Crippen molar-refractivity contribution in [2.75, 3.05) is 4.90 Å². The van der Waals surface area contributed by atoms with Gasteiger partial charge in [0.05, 0.1) is 17.0 Å². The SMILES string of the molecule is Cc1ccnc(N2C(=O)c3oc4ccccc4c(=O)c3[C@@H]2c2cccc(O)c2)c1. The Bertz CT molecular complexity index is 1340. The van der Waals surface area contributed by atoms with Crippen LogP contribution in [0.4, 0.5) is 5.82 Å². The number of carbonyl (C=O) groups excluding carboxylic acids is 1. The maximum atomic E-state index is 13.4. The number of nitrogens with zero attached hydrogens (tertiary/aromatic N) is 2. The molecule has 0 unspecified atom stereocenters. The predicted molar refractivity (Wildman–Crippen MR) is 108 cm³/mol. The molecule has 1 atom stereocenters.